The number of nitrogens with zero attached hydrogens (tertiary/aromatic N) is 1. The van der Waals surface area contributed by atoms with Gasteiger partial charge in [0.1, 0.15) is 0 Å². The van der Waals surface area contributed by atoms with Crippen molar-refractivity contribution < 1.29 is 0 Å². The van der Waals surface area contributed by atoms with Gasteiger partial charge in [-0.25, -0.2) is 0 Å². The van der Waals surface area contributed by atoms with Crippen molar-refractivity contribution in [3.8, 4) is 0 Å². The molecule has 0 saturated carbocycles. The largest absolute Gasteiger partial charge is 0.323 e. The molecule has 1 atom stereocenters. The lowest BCUT2D eigenvalue weighted by molar-refractivity contribution is 0.781. The third kappa shape index (κ3) is 1.46. The highest BCUT2D eigenvalue weighted by Gasteiger charge is 2.03. The highest BCUT2D eigenvalue weighted by atomic mass is 35.5. The van der Waals surface area contributed by atoms with Crippen LogP contribution in [0, 0.1) is 0 Å². The second-order valence-electron chi connectivity index (χ2n) is 2.16. The van der Waals surface area contributed by atoms with Gasteiger partial charge in [0.25, 0.3) is 0 Å². The minimum Gasteiger partial charge on any atom is -0.323 e. The van der Waals surface area contributed by atoms with Gasteiger partial charge in [-0.05, 0) is 19.1 Å². The maximum atomic E-state index is 5.78. The molecule has 1 rings (SSSR count). The van der Waals surface area contributed by atoms with Crippen molar-refractivity contribution in [2.45, 2.75) is 13.0 Å². The molecule has 2 N–H and O–H groups in total. The molecule has 0 spiro atoms. The van der Waals surface area contributed by atoms with Gasteiger partial charge in [0.05, 0.1) is 10.7 Å². The van der Waals surface area contributed by atoms with Gasteiger partial charge in [0, 0.05) is 12.2 Å². The van der Waals surface area contributed by atoms with E-state index in [1.807, 2.05) is 6.92 Å². The standard InChI is InChI=1S/C7H9ClN2/c1-5(9)7-6(8)3-2-4-10-7/h2-5H,9H2,1H3/t5-/m1/s1. The zero-order valence-electron chi connectivity index (χ0n) is 5.71. The monoisotopic (exact) mass is 156 g/mol. The van der Waals surface area contributed by atoms with Crippen LogP contribution in [0.5, 0.6) is 0 Å². The molecule has 0 aliphatic rings. The minimum atomic E-state index is -0.0892. The number of pyridine rings is 1. The molecule has 3 heteroatoms. The molecule has 0 bridgehead atoms. The van der Waals surface area contributed by atoms with E-state index in [0.717, 1.165) is 5.69 Å². The van der Waals surface area contributed by atoms with E-state index < -0.39 is 0 Å². The fourth-order valence-corrected chi connectivity index (χ4v) is 1.03. The summed E-state index contributed by atoms with van der Waals surface area (Å²) >= 11 is 5.78. The van der Waals surface area contributed by atoms with Crippen molar-refractivity contribution in [3.63, 3.8) is 0 Å². The quantitative estimate of drug-likeness (QED) is 0.673. The van der Waals surface area contributed by atoms with Crippen LogP contribution >= 0.6 is 11.6 Å². The summed E-state index contributed by atoms with van der Waals surface area (Å²) in [6.45, 7) is 1.86. The minimum absolute atomic E-state index is 0.0892. The lowest BCUT2D eigenvalue weighted by Crippen LogP contribution is -2.07. The Morgan fingerprint density at radius 1 is 1.70 bits per heavy atom. The van der Waals surface area contributed by atoms with E-state index in [1.54, 1.807) is 18.3 Å². The number of aromatic nitrogens is 1. The summed E-state index contributed by atoms with van der Waals surface area (Å²) < 4.78 is 0. The lowest BCUT2D eigenvalue weighted by Gasteiger charge is -2.04. The number of halogens is 1. The van der Waals surface area contributed by atoms with Gasteiger partial charge < -0.3 is 5.73 Å². The van der Waals surface area contributed by atoms with E-state index in [4.69, 9.17) is 17.3 Å². The third-order valence-electron chi connectivity index (χ3n) is 1.22. The molecular formula is C7H9ClN2. The SMILES string of the molecule is C[C@@H](N)c1ncccc1Cl. The predicted molar refractivity (Wildman–Crippen MR) is 41.8 cm³/mol. The van der Waals surface area contributed by atoms with Gasteiger partial charge in [-0.1, -0.05) is 11.6 Å². The maximum Gasteiger partial charge on any atom is 0.0753 e. The Morgan fingerprint density at radius 3 is 2.80 bits per heavy atom. The predicted octanol–water partition coefficient (Wildman–Crippen LogP) is 1.75. The zero-order chi connectivity index (χ0) is 7.56. The topological polar surface area (TPSA) is 38.9 Å². The molecule has 0 aliphatic heterocycles. The summed E-state index contributed by atoms with van der Waals surface area (Å²) in [7, 11) is 0. The number of hydrogen-bond donors (Lipinski definition) is 1. The van der Waals surface area contributed by atoms with Crippen molar-refractivity contribution in [3.05, 3.63) is 29.0 Å². The average Bonchev–Trinajstić information content (AvgIpc) is 1.88. The lowest BCUT2D eigenvalue weighted by atomic mass is 10.2. The number of rotatable bonds is 1. The van der Waals surface area contributed by atoms with Crippen LogP contribution in [0.1, 0.15) is 18.7 Å². The van der Waals surface area contributed by atoms with Crippen LogP contribution < -0.4 is 5.73 Å². The van der Waals surface area contributed by atoms with E-state index in [0.29, 0.717) is 5.02 Å². The second-order valence-corrected chi connectivity index (χ2v) is 2.57. The van der Waals surface area contributed by atoms with Gasteiger partial charge in [0.2, 0.25) is 0 Å². The fraction of sp³-hybridized carbons (Fsp3) is 0.286. The summed E-state index contributed by atoms with van der Waals surface area (Å²) in [6, 6.07) is 3.48. The summed E-state index contributed by atoms with van der Waals surface area (Å²) in [5, 5.41) is 0.637. The van der Waals surface area contributed by atoms with Crippen LogP contribution in [-0.4, -0.2) is 4.98 Å². The van der Waals surface area contributed by atoms with Gasteiger partial charge in [-0.2, -0.15) is 0 Å². The molecule has 0 aromatic carbocycles. The van der Waals surface area contributed by atoms with E-state index in [1.165, 1.54) is 0 Å². The van der Waals surface area contributed by atoms with Crippen LogP contribution in [0.3, 0.4) is 0 Å². The molecule has 0 unspecified atom stereocenters. The summed E-state index contributed by atoms with van der Waals surface area (Å²) in [5.74, 6) is 0. The van der Waals surface area contributed by atoms with E-state index >= 15 is 0 Å². The maximum absolute atomic E-state index is 5.78. The van der Waals surface area contributed by atoms with Crippen molar-refractivity contribution in [2.75, 3.05) is 0 Å². The molecule has 0 aliphatic carbocycles. The Balaban J connectivity index is 3.03. The van der Waals surface area contributed by atoms with E-state index in [2.05, 4.69) is 4.98 Å². The van der Waals surface area contributed by atoms with E-state index in [9.17, 15) is 0 Å². The van der Waals surface area contributed by atoms with Gasteiger partial charge in [-0.15, -0.1) is 0 Å². The number of hydrogen-bond acceptors (Lipinski definition) is 2. The fourth-order valence-electron chi connectivity index (χ4n) is 0.733. The Bertz CT molecular complexity index is 223. The smallest absolute Gasteiger partial charge is 0.0753 e. The van der Waals surface area contributed by atoms with Crippen molar-refractivity contribution >= 4 is 11.6 Å². The summed E-state index contributed by atoms with van der Waals surface area (Å²) in [4.78, 5) is 4.02. The first-order valence-corrected chi connectivity index (χ1v) is 3.45. The first-order chi connectivity index (χ1) is 4.72. The molecule has 1 aromatic heterocycles. The molecule has 54 valence electrons. The Morgan fingerprint density at radius 2 is 2.40 bits per heavy atom. The Labute approximate surface area is 65.0 Å². The molecular weight excluding hydrogens is 148 g/mol. The molecule has 0 amide bonds. The normalized spacial score (nSPS) is 13.1. The van der Waals surface area contributed by atoms with Crippen LogP contribution in [0.4, 0.5) is 0 Å². The average molecular weight is 157 g/mol. The number of nitrogens with two attached hydrogens (primary N) is 1. The molecule has 0 fully saturated rings. The van der Waals surface area contributed by atoms with Crippen LogP contribution in [0.2, 0.25) is 5.02 Å². The van der Waals surface area contributed by atoms with Gasteiger partial charge in [-0.3, -0.25) is 4.98 Å². The van der Waals surface area contributed by atoms with Gasteiger partial charge in [0.15, 0.2) is 0 Å². The highest BCUT2D eigenvalue weighted by Crippen LogP contribution is 2.16. The molecule has 1 heterocycles. The highest BCUT2D eigenvalue weighted by molar-refractivity contribution is 6.31. The Hall–Kier alpha value is -0.600. The van der Waals surface area contributed by atoms with Crippen LogP contribution in [0.25, 0.3) is 0 Å². The molecule has 0 radical (unpaired) electrons. The van der Waals surface area contributed by atoms with Crippen molar-refractivity contribution in [2.24, 2.45) is 5.73 Å². The first-order valence-electron chi connectivity index (χ1n) is 3.08. The van der Waals surface area contributed by atoms with E-state index in [-0.39, 0.29) is 6.04 Å². The van der Waals surface area contributed by atoms with Gasteiger partial charge >= 0.3 is 0 Å². The molecule has 10 heavy (non-hydrogen) atoms. The van der Waals surface area contributed by atoms with Crippen LogP contribution in [0.15, 0.2) is 18.3 Å². The molecule has 1 aromatic rings. The van der Waals surface area contributed by atoms with Crippen molar-refractivity contribution in [1.29, 1.82) is 0 Å². The Kier molecular flexibility index (Phi) is 2.25. The van der Waals surface area contributed by atoms with Crippen LogP contribution in [-0.2, 0) is 0 Å². The zero-order valence-corrected chi connectivity index (χ0v) is 6.47. The first kappa shape index (κ1) is 7.51. The second kappa shape index (κ2) is 2.99. The third-order valence-corrected chi connectivity index (χ3v) is 1.54. The summed E-state index contributed by atoms with van der Waals surface area (Å²) in [5.41, 5.74) is 6.32. The molecule has 0 saturated heterocycles. The molecule has 2 nitrogen and oxygen atoms in total. The van der Waals surface area contributed by atoms with Crippen molar-refractivity contribution in [1.82, 2.24) is 4.98 Å². The summed E-state index contributed by atoms with van der Waals surface area (Å²) in [6.07, 6.45) is 1.69.